The van der Waals surface area contributed by atoms with Crippen molar-refractivity contribution in [2.45, 2.75) is 44.2 Å². The zero-order valence-electron chi connectivity index (χ0n) is 10.1. The van der Waals surface area contributed by atoms with Gasteiger partial charge < -0.3 is 5.11 Å². The third-order valence-corrected chi connectivity index (χ3v) is 5.49. The molecule has 1 atom stereocenters. The Balaban J connectivity index is 1.78. The van der Waals surface area contributed by atoms with Crippen molar-refractivity contribution in [3.8, 4) is 0 Å². The summed E-state index contributed by atoms with van der Waals surface area (Å²) in [5.41, 5.74) is 0. The van der Waals surface area contributed by atoms with E-state index in [-0.39, 0.29) is 23.5 Å². The van der Waals surface area contributed by atoms with E-state index in [4.69, 9.17) is 0 Å². The van der Waals surface area contributed by atoms with Gasteiger partial charge in [0, 0.05) is 18.9 Å². The van der Waals surface area contributed by atoms with Crippen molar-refractivity contribution in [2.75, 3.05) is 11.5 Å². The van der Waals surface area contributed by atoms with Gasteiger partial charge in [-0.05, 0) is 19.3 Å². The predicted molar refractivity (Wildman–Crippen MR) is 65.0 cm³/mol. The van der Waals surface area contributed by atoms with Crippen LogP contribution in [0.1, 0.15) is 36.8 Å². The monoisotopic (exact) mass is 271 g/mol. The first kappa shape index (κ1) is 12.1. The number of aromatic nitrogens is 3. The molecule has 0 bridgehead atoms. The van der Waals surface area contributed by atoms with Crippen molar-refractivity contribution < 1.29 is 13.5 Å². The molecule has 2 aliphatic rings. The summed E-state index contributed by atoms with van der Waals surface area (Å²) in [4.78, 5) is 4.47. The van der Waals surface area contributed by atoms with E-state index in [0.29, 0.717) is 25.8 Å². The first-order valence-electron chi connectivity index (χ1n) is 6.35. The smallest absolute Gasteiger partial charge is 0.154 e. The lowest BCUT2D eigenvalue weighted by molar-refractivity contribution is 0.138. The molecule has 1 unspecified atom stereocenters. The maximum absolute atomic E-state index is 11.4. The average molecular weight is 271 g/mol. The van der Waals surface area contributed by atoms with Gasteiger partial charge in [-0.25, -0.2) is 18.1 Å². The molecule has 0 aliphatic carbocycles. The van der Waals surface area contributed by atoms with Crippen molar-refractivity contribution in [2.24, 2.45) is 0 Å². The minimum Gasteiger partial charge on any atom is -0.393 e. The van der Waals surface area contributed by atoms with E-state index < -0.39 is 9.84 Å². The first-order valence-corrected chi connectivity index (χ1v) is 8.18. The molecular formula is C11H17N3O3S. The number of sulfone groups is 1. The van der Waals surface area contributed by atoms with Gasteiger partial charge in [-0.3, -0.25) is 0 Å². The zero-order chi connectivity index (χ0) is 12.8. The van der Waals surface area contributed by atoms with Crippen LogP contribution < -0.4 is 0 Å². The second kappa shape index (κ2) is 4.31. The Kier molecular flexibility index (Phi) is 2.90. The molecule has 1 saturated heterocycles. The SMILES string of the molecule is O=S1(=O)CCC(c2nc3n(n2)CCC(O)C3)CC1. The Bertz CT molecular complexity index is 538. The third-order valence-electron chi connectivity index (χ3n) is 3.78. The summed E-state index contributed by atoms with van der Waals surface area (Å²) in [5.74, 6) is 2.23. The summed E-state index contributed by atoms with van der Waals surface area (Å²) < 4.78 is 24.6. The molecular weight excluding hydrogens is 254 g/mol. The summed E-state index contributed by atoms with van der Waals surface area (Å²) in [6.07, 6.45) is 2.19. The normalized spacial score (nSPS) is 27.9. The molecule has 1 N–H and O–H groups in total. The van der Waals surface area contributed by atoms with Gasteiger partial charge in [0.05, 0.1) is 17.6 Å². The number of hydrogen-bond donors (Lipinski definition) is 1. The molecule has 18 heavy (non-hydrogen) atoms. The summed E-state index contributed by atoms with van der Waals surface area (Å²) in [6.45, 7) is 0.703. The van der Waals surface area contributed by atoms with Gasteiger partial charge in [0.2, 0.25) is 0 Å². The van der Waals surface area contributed by atoms with Gasteiger partial charge in [-0.1, -0.05) is 0 Å². The predicted octanol–water partition coefficient (Wildman–Crippen LogP) is -0.123. The van der Waals surface area contributed by atoms with Gasteiger partial charge in [0.25, 0.3) is 0 Å². The molecule has 3 rings (SSSR count). The minimum atomic E-state index is -2.84. The highest BCUT2D eigenvalue weighted by Gasteiger charge is 2.29. The van der Waals surface area contributed by atoms with Crippen LogP contribution in [-0.4, -0.2) is 45.9 Å². The van der Waals surface area contributed by atoms with Crippen LogP contribution >= 0.6 is 0 Å². The summed E-state index contributed by atoms with van der Waals surface area (Å²) >= 11 is 0. The highest BCUT2D eigenvalue weighted by Crippen LogP contribution is 2.28. The molecule has 0 spiro atoms. The summed E-state index contributed by atoms with van der Waals surface area (Å²) in [6, 6.07) is 0. The number of hydrogen-bond acceptors (Lipinski definition) is 5. The highest BCUT2D eigenvalue weighted by atomic mass is 32.2. The second-order valence-electron chi connectivity index (χ2n) is 5.18. The van der Waals surface area contributed by atoms with Crippen molar-refractivity contribution in [3.05, 3.63) is 11.6 Å². The van der Waals surface area contributed by atoms with Crippen molar-refractivity contribution in [1.29, 1.82) is 0 Å². The van der Waals surface area contributed by atoms with Crippen LogP contribution in [0.25, 0.3) is 0 Å². The third kappa shape index (κ3) is 2.29. The molecule has 1 aromatic rings. The number of aliphatic hydroxyl groups excluding tert-OH is 1. The van der Waals surface area contributed by atoms with Crippen LogP contribution in [0.3, 0.4) is 0 Å². The first-order chi connectivity index (χ1) is 8.53. The van der Waals surface area contributed by atoms with Crippen molar-refractivity contribution >= 4 is 9.84 Å². The number of nitrogens with zero attached hydrogens (tertiary/aromatic N) is 3. The molecule has 100 valence electrons. The van der Waals surface area contributed by atoms with Gasteiger partial charge in [-0.2, -0.15) is 5.10 Å². The van der Waals surface area contributed by atoms with E-state index in [1.807, 2.05) is 4.68 Å². The Morgan fingerprint density at radius 2 is 1.94 bits per heavy atom. The van der Waals surface area contributed by atoms with Gasteiger partial charge in [0.1, 0.15) is 15.7 Å². The van der Waals surface area contributed by atoms with E-state index in [1.54, 1.807) is 0 Å². The fraction of sp³-hybridized carbons (Fsp3) is 0.818. The van der Waals surface area contributed by atoms with E-state index in [2.05, 4.69) is 10.1 Å². The minimum absolute atomic E-state index is 0.156. The Labute approximate surface area is 106 Å². The van der Waals surface area contributed by atoms with Crippen LogP contribution in [0.15, 0.2) is 0 Å². The number of rotatable bonds is 1. The van der Waals surface area contributed by atoms with Gasteiger partial charge in [-0.15, -0.1) is 0 Å². The van der Waals surface area contributed by atoms with Crippen LogP contribution in [0.2, 0.25) is 0 Å². The van der Waals surface area contributed by atoms with Crippen LogP contribution in [-0.2, 0) is 22.8 Å². The van der Waals surface area contributed by atoms with Gasteiger partial charge >= 0.3 is 0 Å². The summed E-state index contributed by atoms with van der Waals surface area (Å²) in [5, 5.41) is 14.0. The zero-order valence-corrected chi connectivity index (χ0v) is 10.9. The molecule has 0 saturated carbocycles. The Hall–Kier alpha value is -0.950. The Morgan fingerprint density at radius 3 is 2.67 bits per heavy atom. The standard InChI is InChI=1S/C11H17N3O3S/c15-9-1-4-14-10(7-9)12-11(13-14)8-2-5-18(16,17)6-3-8/h8-9,15H,1-7H2. The molecule has 0 amide bonds. The molecule has 7 heteroatoms. The van der Waals surface area contributed by atoms with E-state index in [1.165, 1.54) is 0 Å². The number of aryl methyl sites for hydroxylation is 1. The average Bonchev–Trinajstić information content (AvgIpc) is 2.71. The van der Waals surface area contributed by atoms with E-state index >= 15 is 0 Å². The quantitative estimate of drug-likeness (QED) is 0.769. The van der Waals surface area contributed by atoms with E-state index in [9.17, 15) is 13.5 Å². The lowest BCUT2D eigenvalue weighted by atomic mass is 10.0. The van der Waals surface area contributed by atoms with Crippen LogP contribution in [0.5, 0.6) is 0 Å². The summed E-state index contributed by atoms with van der Waals surface area (Å²) in [7, 11) is -2.84. The molecule has 0 aromatic carbocycles. The van der Waals surface area contributed by atoms with Gasteiger partial charge in [0.15, 0.2) is 5.82 Å². The molecule has 2 aliphatic heterocycles. The fourth-order valence-corrected chi connectivity index (χ4v) is 4.12. The van der Waals surface area contributed by atoms with Crippen LogP contribution in [0, 0.1) is 0 Å². The fourth-order valence-electron chi connectivity index (χ4n) is 2.63. The maximum Gasteiger partial charge on any atom is 0.154 e. The van der Waals surface area contributed by atoms with Crippen LogP contribution in [0.4, 0.5) is 0 Å². The molecule has 3 heterocycles. The molecule has 1 fully saturated rings. The maximum atomic E-state index is 11.4. The lowest BCUT2D eigenvalue weighted by Crippen LogP contribution is -2.24. The Morgan fingerprint density at radius 1 is 1.22 bits per heavy atom. The molecule has 6 nitrogen and oxygen atoms in total. The van der Waals surface area contributed by atoms with Crippen molar-refractivity contribution in [3.63, 3.8) is 0 Å². The highest BCUT2D eigenvalue weighted by molar-refractivity contribution is 7.91. The topological polar surface area (TPSA) is 85.1 Å². The van der Waals surface area contributed by atoms with Crippen molar-refractivity contribution in [1.82, 2.24) is 14.8 Å². The molecule has 0 radical (unpaired) electrons. The van der Waals surface area contributed by atoms with E-state index in [0.717, 1.165) is 18.1 Å². The largest absolute Gasteiger partial charge is 0.393 e. The molecule has 1 aromatic heterocycles. The lowest BCUT2D eigenvalue weighted by Gasteiger charge is -2.18. The number of aliphatic hydroxyl groups is 1. The second-order valence-corrected chi connectivity index (χ2v) is 7.49. The number of fused-ring (bicyclic) bond motifs is 1.